The Hall–Kier alpha value is -2.14. The first-order valence-corrected chi connectivity index (χ1v) is 8.01. The van der Waals surface area contributed by atoms with Crippen molar-refractivity contribution in [1.29, 1.82) is 0 Å². The summed E-state index contributed by atoms with van der Waals surface area (Å²) in [6.45, 7) is 4.20. The predicted molar refractivity (Wildman–Crippen MR) is 88.2 cm³/mol. The maximum absolute atomic E-state index is 12.6. The lowest BCUT2D eigenvalue weighted by Crippen LogP contribution is -2.25. The van der Waals surface area contributed by atoms with E-state index in [0.717, 1.165) is 35.9 Å². The molecule has 1 saturated heterocycles. The minimum Gasteiger partial charge on any atom is -0.349 e. The minimum absolute atomic E-state index is 0.0302. The number of para-hydroxylation sites is 1. The van der Waals surface area contributed by atoms with E-state index in [1.54, 1.807) is 10.9 Å². The van der Waals surface area contributed by atoms with Crippen LogP contribution in [0.15, 0.2) is 35.4 Å². The molecule has 0 radical (unpaired) electrons. The Kier molecular flexibility index (Phi) is 3.42. The van der Waals surface area contributed by atoms with Gasteiger partial charge in [-0.2, -0.15) is 0 Å². The quantitative estimate of drug-likeness (QED) is 0.804. The average molecular weight is 296 g/mol. The van der Waals surface area contributed by atoms with Crippen LogP contribution in [0.4, 0.5) is 0 Å². The summed E-state index contributed by atoms with van der Waals surface area (Å²) < 4.78 is 1.73. The third kappa shape index (κ3) is 2.31. The van der Waals surface area contributed by atoms with E-state index in [2.05, 4.69) is 14.9 Å². The van der Waals surface area contributed by atoms with Crippen LogP contribution >= 0.6 is 0 Å². The molecule has 0 spiro atoms. The molecule has 0 atom stereocenters. The van der Waals surface area contributed by atoms with Gasteiger partial charge in [0.05, 0.1) is 6.33 Å². The van der Waals surface area contributed by atoms with Crippen molar-refractivity contribution in [3.05, 3.63) is 40.9 Å². The van der Waals surface area contributed by atoms with Crippen molar-refractivity contribution in [3.63, 3.8) is 0 Å². The zero-order valence-corrected chi connectivity index (χ0v) is 12.6. The summed E-state index contributed by atoms with van der Waals surface area (Å²) in [5.74, 6) is 0. The summed E-state index contributed by atoms with van der Waals surface area (Å²) in [5, 5.41) is 1.01. The SMILES string of the molecule is O=c1c2[nH]c3ccccc3c2ncn1CCCN1CCCC1. The van der Waals surface area contributed by atoms with Crippen LogP contribution in [0.5, 0.6) is 0 Å². The van der Waals surface area contributed by atoms with Crippen molar-refractivity contribution in [1.82, 2.24) is 19.4 Å². The minimum atomic E-state index is 0.0302. The van der Waals surface area contributed by atoms with Gasteiger partial charge in [0.25, 0.3) is 5.56 Å². The van der Waals surface area contributed by atoms with Crippen LogP contribution in [0.2, 0.25) is 0 Å². The first kappa shape index (κ1) is 13.5. The van der Waals surface area contributed by atoms with Crippen LogP contribution in [0.25, 0.3) is 21.9 Å². The van der Waals surface area contributed by atoms with Crippen molar-refractivity contribution in [2.24, 2.45) is 0 Å². The van der Waals surface area contributed by atoms with Crippen LogP contribution < -0.4 is 5.56 Å². The molecule has 3 aromatic rings. The number of aryl methyl sites for hydroxylation is 1. The largest absolute Gasteiger partial charge is 0.349 e. The second kappa shape index (κ2) is 5.57. The van der Waals surface area contributed by atoms with E-state index in [1.807, 2.05) is 24.3 Å². The number of nitrogens with zero attached hydrogens (tertiary/aromatic N) is 3. The molecule has 0 bridgehead atoms. The van der Waals surface area contributed by atoms with E-state index >= 15 is 0 Å². The van der Waals surface area contributed by atoms with E-state index in [1.165, 1.54) is 25.9 Å². The summed E-state index contributed by atoms with van der Waals surface area (Å²) in [6, 6.07) is 7.91. The van der Waals surface area contributed by atoms with Gasteiger partial charge in [-0.05, 0) is 45.0 Å². The van der Waals surface area contributed by atoms with E-state index in [4.69, 9.17) is 0 Å². The lowest BCUT2D eigenvalue weighted by molar-refractivity contribution is 0.324. The van der Waals surface area contributed by atoms with E-state index in [9.17, 15) is 4.79 Å². The van der Waals surface area contributed by atoms with Crippen molar-refractivity contribution < 1.29 is 0 Å². The molecule has 3 heterocycles. The Morgan fingerprint density at radius 1 is 1.14 bits per heavy atom. The molecular weight excluding hydrogens is 276 g/mol. The normalized spacial score (nSPS) is 16.0. The second-order valence-corrected chi connectivity index (χ2v) is 6.04. The first-order chi connectivity index (χ1) is 10.8. The number of nitrogens with one attached hydrogen (secondary N) is 1. The highest BCUT2D eigenvalue weighted by Gasteiger charge is 2.12. The fourth-order valence-electron chi connectivity index (χ4n) is 3.37. The topological polar surface area (TPSA) is 53.9 Å². The van der Waals surface area contributed by atoms with Gasteiger partial charge in [0, 0.05) is 17.4 Å². The number of fused-ring (bicyclic) bond motifs is 3. The smallest absolute Gasteiger partial charge is 0.277 e. The van der Waals surface area contributed by atoms with Gasteiger partial charge >= 0.3 is 0 Å². The number of H-pyrrole nitrogens is 1. The maximum atomic E-state index is 12.6. The van der Waals surface area contributed by atoms with Gasteiger partial charge in [-0.25, -0.2) is 4.98 Å². The van der Waals surface area contributed by atoms with Gasteiger partial charge in [-0.1, -0.05) is 18.2 Å². The summed E-state index contributed by atoms with van der Waals surface area (Å²) in [5.41, 5.74) is 2.39. The van der Waals surface area contributed by atoms with Gasteiger partial charge in [0.2, 0.25) is 0 Å². The third-order valence-corrected chi connectivity index (χ3v) is 4.55. The molecule has 0 amide bonds. The maximum Gasteiger partial charge on any atom is 0.277 e. The van der Waals surface area contributed by atoms with E-state index in [0.29, 0.717) is 5.52 Å². The highest BCUT2D eigenvalue weighted by Crippen LogP contribution is 2.20. The number of hydrogen-bond donors (Lipinski definition) is 1. The molecule has 5 nitrogen and oxygen atoms in total. The fraction of sp³-hybridized carbons (Fsp3) is 0.412. The highest BCUT2D eigenvalue weighted by atomic mass is 16.1. The molecule has 0 unspecified atom stereocenters. The lowest BCUT2D eigenvalue weighted by Gasteiger charge is -2.14. The molecule has 114 valence electrons. The molecule has 2 aromatic heterocycles. The Balaban J connectivity index is 1.60. The Morgan fingerprint density at radius 2 is 1.95 bits per heavy atom. The van der Waals surface area contributed by atoms with Crippen molar-refractivity contribution in [2.75, 3.05) is 19.6 Å². The van der Waals surface area contributed by atoms with Crippen molar-refractivity contribution >= 4 is 21.9 Å². The van der Waals surface area contributed by atoms with Gasteiger partial charge in [0.15, 0.2) is 0 Å². The number of benzene rings is 1. The van der Waals surface area contributed by atoms with Gasteiger partial charge in [-0.3, -0.25) is 9.36 Å². The lowest BCUT2D eigenvalue weighted by atomic mass is 10.2. The molecule has 1 aliphatic heterocycles. The zero-order valence-electron chi connectivity index (χ0n) is 12.6. The molecule has 1 aromatic carbocycles. The summed E-state index contributed by atoms with van der Waals surface area (Å²) in [4.78, 5) is 22.8. The van der Waals surface area contributed by atoms with Crippen LogP contribution in [-0.4, -0.2) is 39.1 Å². The van der Waals surface area contributed by atoms with Crippen molar-refractivity contribution in [2.45, 2.75) is 25.8 Å². The average Bonchev–Trinajstić information content (AvgIpc) is 3.17. The number of aromatic amines is 1. The Bertz CT molecular complexity index is 858. The van der Waals surface area contributed by atoms with Crippen LogP contribution in [0.3, 0.4) is 0 Å². The molecule has 1 N–H and O–H groups in total. The van der Waals surface area contributed by atoms with E-state index in [-0.39, 0.29) is 5.56 Å². The molecule has 22 heavy (non-hydrogen) atoms. The van der Waals surface area contributed by atoms with Crippen LogP contribution in [0, 0.1) is 0 Å². The van der Waals surface area contributed by atoms with Crippen molar-refractivity contribution in [3.8, 4) is 0 Å². The number of rotatable bonds is 4. The fourth-order valence-corrected chi connectivity index (χ4v) is 3.37. The molecule has 0 saturated carbocycles. The summed E-state index contributed by atoms with van der Waals surface area (Å²) in [7, 11) is 0. The second-order valence-electron chi connectivity index (χ2n) is 6.04. The molecule has 4 rings (SSSR count). The number of likely N-dealkylation sites (tertiary alicyclic amines) is 1. The molecule has 5 heteroatoms. The molecule has 1 fully saturated rings. The standard InChI is InChI=1S/C17H20N4O/c22-17-16-15(13-6-1-2-7-14(13)19-16)18-12-21(17)11-5-10-20-8-3-4-9-20/h1-2,6-7,12,19H,3-5,8-11H2. The molecular formula is C17H20N4O. The number of hydrogen-bond acceptors (Lipinski definition) is 3. The van der Waals surface area contributed by atoms with Gasteiger partial charge < -0.3 is 9.88 Å². The van der Waals surface area contributed by atoms with Gasteiger partial charge in [0.1, 0.15) is 11.0 Å². The van der Waals surface area contributed by atoms with Crippen LogP contribution in [-0.2, 0) is 6.54 Å². The van der Waals surface area contributed by atoms with Crippen LogP contribution in [0.1, 0.15) is 19.3 Å². The number of aromatic nitrogens is 3. The Morgan fingerprint density at radius 3 is 2.82 bits per heavy atom. The first-order valence-electron chi connectivity index (χ1n) is 8.01. The molecule has 1 aliphatic rings. The monoisotopic (exact) mass is 296 g/mol. The van der Waals surface area contributed by atoms with E-state index < -0.39 is 0 Å². The summed E-state index contributed by atoms with van der Waals surface area (Å²) in [6.07, 6.45) is 5.30. The van der Waals surface area contributed by atoms with Gasteiger partial charge in [-0.15, -0.1) is 0 Å². The third-order valence-electron chi connectivity index (χ3n) is 4.55. The predicted octanol–water partition coefficient (Wildman–Crippen LogP) is 2.36. The highest BCUT2D eigenvalue weighted by molar-refractivity contribution is 6.04. The summed E-state index contributed by atoms with van der Waals surface area (Å²) >= 11 is 0. The molecule has 0 aliphatic carbocycles. The Labute approximate surface area is 128 Å². The zero-order chi connectivity index (χ0) is 14.9.